The summed E-state index contributed by atoms with van der Waals surface area (Å²) in [5.74, 6) is -0.294. The van der Waals surface area contributed by atoms with Crippen LogP contribution in [0.4, 0.5) is 5.69 Å². The Morgan fingerprint density at radius 3 is 2.53 bits per heavy atom. The number of hydrogen-bond donors (Lipinski definition) is 1. The maximum Gasteiger partial charge on any atom is 0.335 e. The first-order valence-electron chi connectivity index (χ1n) is 10.8. The molecule has 1 heterocycles. The van der Waals surface area contributed by atoms with E-state index in [0.29, 0.717) is 15.8 Å². The maximum absolute atomic E-state index is 13.6. The molecule has 0 aromatic heterocycles. The average Bonchev–Trinajstić information content (AvgIpc) is 3.14. The van der Waals surface area contributed by atoms with E-state index in [0.717, 1.165) is 42.6 Å². The molecule has 2 aromatic rings. The molecule has 0 atom stereocenters. The van der Waals surface area contributed by atoms with E-state index in [4.69, 9.17) is 9.73 Å². The number of thioether (sulfide) groups is 1. The highest BCUT2D eigenvalue weighted by Gasteiger charge is 2.39. The molecule has 1 saturated carbocycles. The molecule has 2 aliphatic rings. The van der Waals surface area contributed by atoms with Crippen LogP contribution in [0.2, 0.25) is 0 Å². The van der Waals surface area contributed by atoms with Gasteiger partial charge in [-0.05, 0) is 73.0 Å². The predicted molar refractivity (Wildman–Crippen MR) is 127 cm³/mol. The highest BCUT2D eigenvalue weighted by Crippen LogP contribution is 2.41. The lowest BCUT2D eigenvalue weighted by Gasteiger charge is -2.30. The number of methoxy groups -OCH3 is 1. The molecule has 1 aliphatic heterocycles. The Labute approximate surface area is 192 Å². The summed E-state index contributed by atoms with van der Waals surface area (Å²) >= 11 is 1.36. The zero-order valence-corrected chi connectivity index (χ0v) is 19.0. The fourth-order valence-electron chi connectivity index (χ4n) is 4.16. The van der Waals surface area contributed by atoms with Crippen molar-refractivity contribution in [3.8, 4) is 5.75 Å². The number of carbonyl (C=O) groups is 2. The van der Waals surface area contributed by atoms with Crippen LogP contribution < -0.4 is 4.74 Å². The number of hydrogen-bond acceptors (Lipinski definition) is 5. The van der Waals surface area contributed by atoms with Crippen LogP contribution in [0, 0.1) is 0 Å². The van der Waals surface area contributed by atoms with Gasteiger partial charge in [0, 0.05) is 6.04 Å². The fourth-order valence-corrected chi connectivity index (χ4v) is 5.28. The van der Waals surface area contributed by atoms with Gasteiger partial charge >= 0.3 is 5.97 Å². The number of ether oxygens (including phenoxy) is 1. The van der Waals surface area contributed by atoms with Crippen molar-refractivity contribution in [2.24, 2.45) is 4.99 Å². The lowest BCUT2D eigenvalue weighted by atomic mass is 9.94. The second-order valence-electron chi connectivity index (χ2n) is 8.00. The molecular formula is C25H26N2O4S. The van der Waals surface area contributed by atoms with E-state index < -0.39 is 5.97 Å². The van der Waals surface area contributed by atoms with Crippen LogP contribution >= 0.6 is 11.8 Å². The van der Waals surface area contributed by atoms with Crippen LogP contribution in [0.15, 0.2) is 58.4 Å². The van der Waals surface area contributed by atoms with Crippen molar-refractivity contribution in [3.05, 3.63) is 64.6 Å². The lowest BCUT2D eigenvalue weighted by molar-refractivity contribution is -0.124. The summed E-state index contributed by atoms with van der Waals surface area (Å²) in [6, 6.07) is 14.3. The van der Waals surface area contributed by atoms with Crippen LogP contribution in [0.3, 0.4) is 0 Å². The Balaban J connectivity index is 1.76. The highest BCUT2D eigenvalue weighted by molar-refractivity contribution is 8.18. The molecule has 1 aliphatic carbocycles. The van der Waals surface area contributed by atoms with Crippen molar-refractivity contribution in [1.29, 1.82) is 0 Å². The summed E-state index contributed by atoms with van der Waals surface area (Å²) in [6.07, 6.45) is 5.27. The number of benzene rings is 2. The van der Waals surface area contributed by atoms with E-state index in [-0.39, 0.29) is 17.5 Å². The van der Waals surface area contributed by atoms with E-state index in [2.05, 4.69) is 0 Å². The zero-order chi connectivity index (χ0) is 22.7. The first-order valence-corrected chi connectivity index (χ1v) is 11.6. The van der Waals surface area contributed by atoms with E-state index >= 15 is 0 Å². The standard InChI is InChI=1S/C25H26N2O4S/c1-16(17-8-7-13-21(15-17)31-2)22-23(28)27(20-11-4-3-5-12-20)25(32-22)26-19-10-6-9-18(14-19)24(29)30/h6-10,13-15,20H,3-5,11-12H2,1-2H3,(H,29,30)/b22-16-,26-25?. The van der Waals surface area contributed by atoms with Crippen molar-refractivity contribution >= 4 is 40.1 Å². The number of amidine groups is 1. The molecule has 166 valence electrons. The summed E-state index contributed by atoms with van der Waals surface area (Å²) in [6.45, 7) is 1.95. The monoisotopic (exact) mass is 450 g/mol. The molecule has 0 radical (unpaired) electrons. The smallest absolute Gasteiger partial charge is 0.335 e. The van der Waals surface area contributed by atoms with Gasteiger partial charge < -0.3 is 9.84 Å². The molecule has 1 N–H and O–H groups in total. The molecule has 2 aromatic carbocycles. The van der Waals surface area contributed by atoms with Crippen molar-refractivity contribution in [1.82, 2.24) is 4.90 Å². The second-order valence-corrected chi connectivity index (χ2v) is 8.98. The average molecular weight is 451 g/mol. The van der Waals surface area contributed by atoms with Crippen LogP contribution in [0.25, 0.3) is 5.57 Å². The minimum absolute atomic E-state index is 0.0321. The van der Waals surface area contributed by atoms with Crippen LogP contribution in [-0.4, -0.2) is 40.2 Å². The normalized spacial score (nSPS) is 20.0. The molecular weight excluding hydrogens is 424 g/mol. The first kappa shape index (κ1) is 22.1. The number of allylic oxidation sites excluding steroid dienone is 1. The molecule has 4 rings (SSSR count). The second kappa shape index (κ2) is 9.61. The van der Waals surface area contributed by atoms with E-state index in [1.165, 1.54) is 30.3 Å². The Kier molecular flexibility index (Phi) is 6.65. The molecule has 0 unspecified atom stereocenters. The Bertz CT molecular complexity index is 1100. The van der Waals surface area contributed by atoms with Gasteiger partial charge in [0.15, 0.2) is 5.17 Å². The van der Waals surface area contributed by atoms with Gasteiger partial charge in [0.25, 0.3) is 5.91 Å². The van der Waals surface area contributed by atoms with Crippen molar-refractivity contribution in [2.45, 2.75) is 45.1 Å². The number of carboxylic acids is 1. The van der Waals surface area contributed by atoms with Gasteiger partial charge in [-0.25, -0.2) is 9.79 Å². The summed E-state index contributed by atoms with van der Waals surface area (Å²) in [7, 11) is 1.62. The lowest BCUT2D eigenvalue weighted by Crippen LogP contribution is -2.40. The Morgan fingerprint density at radius 1 is 1.09 bits per heavy atom. The molecule has 0 bridgehead atoms. The topological polar surface area (TPSA) is 79.2 Å². The van der Waals surface area contributed by atoms with Gasteiger partial charge in [0.2, 0.25) is 0 Å². The largest absolute Gasteiger partial charge is 0.497 e. The van der Waals surface area contributed by atoms with Crippen LogP contribution in [0.1, 0.15) is 54.9 Å². The van der Waals surface area contributed by atoms with Crippen molar-refractivity contribution in [3.63, 3.8) is 0 Å². The van der Waals surface area contributed by atoms with Gasteiger partial charge in [0.1, 0.15) is 5.75 Å². The number of amides is 1. The number of aromatic carboxylic acids is 1. The minimum atomic E-state index is -0.999. The number of nitrogens with zero attached hydrogens (tertiary/aromatic N) is 2. The van der Waals surface area contributed by atoms with E-state index in [9.17, 15) is 14.7 Å². The Morgan fingerprint density at radius 2 is 1.81 bits per heavy atom. The molecule has 6 nitrogen and oxygen atoms in total. The molecule has 0 spiro atoms. The maximum atomic E-state index is 13.6. The molecule has 2 fully saturated rings. The van der Waals surface area contributed by atoms with Crippen LogP contribution in [-0.2, 0) is 4.79 Å². The zero-order valence-electron chi connectivity index (χ0n) is 18.2. The molecule has 7 heteroatoms. The number of carboxylic acid groups (broad SMARTS) is 1. The SMILES string of the molecule is COc1cccc(/C(C)=C2\SC(=Nc3cccc(C(=O)O)c3)N(C3CCCCC3)C2=O)c1. The highest BCUT2D eigenvalue weighted by atomic mass is 32.2. The van der Waals surface area contributed by atoms with Gasteiger partial charge in [0.05, 0.1) is 23.3 Å². The number of carbonyl (C=O) groups excluding carboxylic acids is 1. The molecule has 1 saturated heterocycles. The molecule has 32 heavy (non-hydrogen) atoms. The third-order valence-electron chi connectivity index (χ3n) is 5.91. The van der Waals surface area contributed by atoms with Gasteiger partial charge in [-0.15, -0.1) is 0 Å². The minimum Gasteiger partial charge on any atom is -0.497 e. The third-order valence-corrected chi connectivity index (χ3v) is 7.07. The van der Waals surface area contributed by atoms with E-state index in [1.807, 2.05) is 36.1 Å². The van der Waals surface area contributed by atoms with Gasteiger partial charge in [-0.1, -0.05) is 37.5 Å². The molecule has 1 amide bonds. The van der Waals surface area contributed by atoms with Gasteiger partial charge in [-0.3, -0.25) is 9.69 Å². The third kappa shape index (κ3) is 4.58. The number of rotatable bonds is 5. The van der Waals surface area contributed by atoms with Gasteiger partial charge in [-0.2, -0.15) is 0 Å². The quantitative estimate of drug-likeness (QED) is 0.590. The fraction of sp³-hybridized carbons (Fsp3) is 0.320. The summed E-state index contributed by atoms with van der Waals surface area (Å²) in [5.41, 5.74) is 2.51. The Hall–Kier alpha value is -3.06. The summed E-state index contributed by atoms with van der Waals surface area (Å²) < 4.78 is 5.35. The first-order chi connectivity index (χ1) is 15.5. The van der Waals surface area contributed by atoms with E-state index in [1.54, 1.807) is 19.2 Å². The summed E-state index contributed by atoms with van der Waals surface area (Å²) in [4.78, 5) is 32.2. The number of aliphatic imine (C=N–C) groups is 1. The predicted octanol–water partition coefficient (Wildman–Crippen LogP) is 5.72. The van der Waals surface area contributed by atoms with Crippen LogP contribution in [0.5, 0.6) is 5.75 Å². The summed E-state index contributed by atoms with van der Waals surface area (Å²) in [5, 5.41) is 9.93. The van der Waals surface area contributed by atoms with Crippen molar-refractivity contribution in [2.75, 3.05) is 7.11 Å². The van der Waals surface area contributed by atoms with Crippen molar-refractivity contribution < 1.29 is 19.4 Å².